The second-order valence-electron chi connectivity index (χ2n) is 2.30. The van der Waals surface area contributed by atoms with Gasteiger partial charge in [0.25, 0.3) is 0 Å². The molecule has 0 atom stereocenters. The summed E-state index contributed by atoms with van der Waals surface area (Å²) >= 11 is 0. The maximum absolute atomic E-state index is 12.7. The third kappa shape index (κ3) is 2.75. The summed E-state index contributed by atoms with van der Waals surface area (Å²) in [5.74, 6) is -0.560. The topological polar surface area (TPSA) is 49.8 Å². The molecule has 0 spiro atoms. The average Bonchev–Trinajstić information content (AvgIpc) is 2.15. The third-order valence-corrected chi connectivity index (χ3v) is 1.48. The summed E-state index contributed by atoms with van der Waals surface area (Å²) in [5.41, 5.74) is 6.53. The Morgan fingerprint density at radius 1 is 1.38 bits per heavy atom. The average molecular weight is 180 g/mol. The molecule has 70 valence electrons. The van der Waals surface area contributed by atoms with Crippen LogP contribution in [0.15, 0.2) is 12.1 Å². The van der Waals surface area contributed by atoms with Crippen molar-refractivity contribution in [3.8, 4) is 6.07 Å². The van der Waals surface area contributed by atoms with E-state index in [4.69, 9.17) is 11.0 Å². The van der Waals surface area contributed by atoms with Gasteiger partial charge in [-0.2, -0.15) is 5.26 Å². The quantitative estimate of drug-likeness (QED) is 0.624. The number of nitrogen functional groups attached to an aromatic ring is 1. The second-order valence-corrected chi connectivity index (χ2v) is 2.30. The zero-order chi connectivity index (χ0) is 10.4. The Balaban J connectivity index is 0.000000671. The van der Waals surface area contributed by atoms with E-state index in [1.54, 1.807) is 13.0 Å². The summed E-state index contributed by atoms with van der Waals surface area (Å²) < 4.78 is 12.7. The predicted molar refractivity (Wildman–Crippen MR) is 51.6 cm³/mol. The molecular formula is C10H13FN2. The van der Waals surface area contributed by atoms with E-state index in [9.17, 15) is 4.39 Å². The van der Waals surface area contributed by atoms with Crippen LogP contribution < -0.4 is 5.73 Å². The molecule has 0 amide bonds. The minimum Gasteiger partial charge on any atom is -0.398 e. The standard InChI is InChI=1S/C8H7FN2.C2H6/c1-5-2-6(4-10)7(9)3-8(5)11;1-2/h2-3H,11H2,1H3;1-2H3. The molecule has 0 bridgehead atoms. The smallest absolute Gasteiger partial charge is 0.143 e. The van der Waals surface area contributed by atoms with Gasteiger partial charge in [-0.15, -0.1) is 0 Å². The fourth-order valence-electron chi connectivity index (χ4n) is 0.783. The highest BCUT2D eigenvalue weighted by atomic mass is 19.1. The van der Waals surface area contributed by atoms with Crippen molar-refractivity contribution in [3.63, 3.8) is 0 Å². The third-order valence-electron chi connectivity index (χ3n) is 1.48. The first-order valence-electron chi connectivity index (χ1n) is 4.11. The van der Waals surface area contributed by atoms with Crippen LogP contribution in [0.3, 0.4) is 0 Å². The molecule has 13 heavy (non-hydrogen) atoms. The van der Waals surface area contributed by atoms with Crippen molar-refractivity contribution in [1.82, 2.24) is 0 Å². The number of hydrogen-bond donors (Lipinski definition) is 1. The Kier molecular flexibility index (Phi) is 4.53. The summed E-state index contributed by atoms with van der Waals surface area (Å²) in [4.78, 5) is 0. The zero-order valence-corrected chi connectivity index (χ0v) is 8.06. The summed E-state index contributed by atoms with van der Waals surface area (Å²) in [7, 11) is 0. The minimum atomic E-state index is -0.560. The first kappa shape index (κ1) is 11.4. The van der Waals surface area contributed by atoms with E-state index in [0.29, 0.717) is 5.69 Å². The van der Waals surface area contributed by atoms with E-state index >= 15 is 0 Å². The lowest BCUT2D eigenvalue weighted by Crippen LogP contribution is -1.93. The Morgan fingerprint density at radius 3 is 2.38 bits per heavy atom. The molecular weight excluding hydrogens is 167 g/mol. The molecule has 0 aliphatic carbocycles. The van der Waals surface area contributed by atoms with Crippen molar-refractivity contribution >= 4 is 5.69 Å². The van der Waals surface area contributed by atoms with E-state index < -0.39 is 5.82 Å². The van der Waals surface area contributed by atoms with Gasteiger partial charge in [-0.3, -0.25) is 0 Å². The first-order valence-corrected chi connectivity index (χ1v) is 4.11. The van der Waals surface area contributed by atoms with E-state index in [0.717, 1.165) is 11.6 Å². The molecule has 0 saturated carbocycles. The lowest BCUT2D eigenvalue weighted by atomic mass is 10.1. The molecule has 1 aromatic carbocycles. The summed E-state index contributed by atoms with van der Waals surface area (Å²) in [6.07, 6.45) is 0. The maximum atomic E-state index is 12.7. The van der Waals surface area contributed by atoms with Crippen LogP contribution >= 0.6 is 0 Å². The summed E-state index contributed by atoms with van der Waals surface area (Å²) in [6, 6.07) is 4.33. The summed E-state index contributed by atoms with van der Waals surface area (Å²) in [6.45, 7) is 5.73. The highest BCUT2D eigenvalue weighted by molar-refractivity contribution is 5.51. The maximum Gasteiger partial charge on any atom is 0.143 e. The van der Waals surface area contributed by atoms with Gasteiger partial charge in [0.15, 0.2) is 0 Å². The van der Waals surface area contributed by atoms with Crippen LogP contribution in [0.5, 0.6) is 0 Å². The van der Waals surface area contributed by atoms with Gasteiger partial charge in [0.05, 0.1) is 5.56 Å². The monoisotopic (exact) mass is 180 g/mol. The van der Waals surface area contributed by atoms with Crippen molar-refractivity contribution in [2.75, 3.05) is 5.73 Å². The molecule has 3 heteroatoms. The van der Waals surface area contributed by atoms with E-state index in [1.807, 2.05) is 13.8 Å². The molecule has 2 N–H and O–H groups in total. The summed E-state index contributed by atoms with van der Waals surface area (Å²) in [5, 5.41) is 8.40. The van der Waals surface area contributed by atoms with Crippen LogP contribution in [0.4, 0.5) is 10.1 Å². The van der Waals surface area contributed by atoms with Gasteiger partial charge in [0.2, 0.25) is 0 Å². The van der Waals surface area contributed by atoms with Gasteiger partial charge in [0, 0.05) is 5.69 Å². The van der Waals surface area contributed by atoms with E-state index in [-0.39, 0.29) is 5.56 Å². The molecule has 0 radical (unpaired) electrons. The number of benzene rings is 1. The van der Waals surface area contributed by atoms with Crippen molar-refractivity contribution in [2.24, 2.45) is 0 Å². The van der Waals surface area contributed by atoms with Crippen LogP contribution in [-0.4, -0.2) is 0 Å². The van der Waals surface area contributed by atoms with Crippen LogP contribution in [0.2, 0.25) is 0 Å². The lowest BCUT2D eigenvalue weighted by Gasteiger charge is -1.99. The number of halogens is 1. The number of nitrogens with two attached hydrogens (primary N) is 1. The highest BCUT2D eigenvalue weighted by Gasteiger charge is 2.03. The van der Waals surface area contributed by atoms with Gasteiger partial charge >= 0.3 is 0 Å². The lowest BCUT2D eigenvalue weighted by molar-refractivity contribution is 0.624. The molecule has 0 unspecified atom stereocenters. The minimum absolute atomic E-state index is 0.0386. The Morgan fingerprint density at radius 2 is 1.92 bits per heavy atom. The fourth-order valence-corrected chi connectivity index (χ4v) is 0.783. The number of nitrogens with zero attached hydrogens (tertiary/aromatic N) is 1. The number of nitriles is 1. The number of aryl methyl sites for hydroxylation is 1. The number of hydrogen-bond acceptors (Lipinski definition) is 2. The molecule has 0 saturated heterocycles. The Labute approximate surface area is 77.8 Å². The van der Waals surface area contributed by atoms with Gasteiger partial charge < -0.3 is 5.73 Å². The van der Waals surface area contributed by atoms with Crippen molar-refractivity contribution < 1.29 is 4.39 Å². The fraction of sp³-hybridized carbons (Fsp3) is 0.300. The van der Waals surface area contributed by atoms with Crippen LogP contribution in [0.25, 0.3) is 0 Å². The van der Waals surface area contributed by atoms with Crippen molar-refractivity contribution in [1.29, 1.82) is 5.26 Å². The van der Waals surface area contributed by atoms with Gasteiger partial charge in [0.1, 0.15) is 11.9 Å². The predicted octanol–water partition coefficient (Wildman–Crippen LogP) is 2.61. The van der Waals surface area contributed by atoms with Gasteiger partial charge in [-0.1, -0.05) is 13.8 Å². The molecule has 2 nitrogen and oxygen atoms in total. The number of anilines is 1. The molecule has 1 rings (SSSR count). The van der Waals surface area contributed by atoms with Crippen LogP contribution in [-0.2, 0) is 0 Å². The Hall–Kier alpha value is -1.56. The van der Waals surface area contributed by atoms with Crippen LogP contribution in [0, 0.1) is 24.1 Å². The van der Waals surface area contributed by atoms with Crippen molar-refractivity contribution in [3.05, 3.63) is 29.1 Å². The highest BCUT2D eigenvalue weighted by Crippen LogP contribution is 2.15. The second kappa shape index (κ2) is 5.15. The largest absolute Gasteiger partial charge is 0.398 e. The molecule has 0 aromatic heterocycles. The van der Waals surface area contributed by atoms with Crippen molar-refractivity contribution in [2.45, 2.75) is 20.8 Å². The molecule has 0 aliphatic rings. The number of rotatable bonds is 0. The Bertz CT molecular complexity index is 326. The molecule has 1 aromatic rings. The SMILES string of the molecule is CC.Cc1cc(C#N)c(F)cc1N. The molecule has 0 aliphatic heterocycles. The molecule has 0 heterocycles. The van der Waals surface area contributed by atoms with Gasteiger partial charge in [-0.25, -0.2) is 4.39 Å². The van der Waals surface area contributed by atoms with E-state index in [1.165, 1.54) is 6.07 Å². The van der Waals surface area contributed by atoms with E-state index in [2.05, 4.69) is 0 Å². The van der Waals surface area contributed by atoms with Gasteiger partial charge in [-0.05, 0) is 24.6 Å². The normalized spacial score (nSPS) is 8.23. The first-order chi connectivity index (χ1) is 6.15. The van der Waals surface area contributed by atoms with Crippen LogP contribution in [0.1, 0.15) is 25.0 Å². The zero-order valence-electron chi connectivity index (χ0n) is 8.06. The molecule has 0 fully saturated rings.